The van der Waals surface area contributed by atoms with E-state index in [0.717, 1.165) is 0 Å². The van der Waals surface area contributed by atoms with Crippen LogP contribution in [0.5, 0.6) is 0 Å². The van der Waals surface area contributed by atoms with Crippen LogP contribution in [0.25, 0.3) is 0 Å². The largest absolute Gasteiger partial charge is 0.350 e. The van der Waals surface area contributed by atoms with Gasteiger partial charge in [0.15, 0.2) is 0 Å². The number of nitrogens with zero attached hydrogens (tertiary/aromatic N) is 1. The SMILES string of the molecule is O=C(F)C1=NC=C=CC=C1. The minimum atomic E-state index is -1.52. The topological polar surface area (TPSA) is 29.4 Å². The van der Waals surface area contributed by atoms with Gasteiger partial charge in [-0.25, -0.2) is 4.99 Å². The highest BCUT2D eigenvalue weighted by Gasteiger charge is 2.03. The number of hydrogen-bond acceptors (Lipinski definition) is 2. The lowest BCUT2D eigenvalue weighted by atomic mass is 10.3. The Morgan fingerprint density at radius 3 is 3.20 bits per heavy atom. The summed E-state index contributed by atoms with van der Waals surface area (Å²) in [4.78, 5) is 13.5. The molecule has 0 aromatic carbocycles. The summed E-state index contributed by atoms with van der Waals surface area (Å²) in [6.07, 6.45) is 5.57. The van der Waals surface area contributed by atoms with Crippen LogP contribution >= 0.6 is 0 Å². The van der Waals surface area contributed by atoms with Crippen LogP contribution < -0.4 is 0 Å². The highest BCUT2D eigenvalue weighted by Crippen LogP contribution is 1.91. The fourth-order valence-corrected chi connectivity index (χ4v) is 0.504. The van der Waals surface area contributed by atoms with E-state index in [2.05, 4.69) is 10.7 Å². The third-order valence-corrected chi connectivity index (χ3v) is 0.926. The molecule has 0 unspecified atom stereocenters. The first kappa shape index (κ1) is 6.65. The number of carbonyl (C=O) groups is 1. The molecule has 0 amide bonds. The van der Waals surface area contributed by atoms with Crippen LogP contribution in [0.1, 0.15) is 0 Å². The second-order valence-electron chi connectivity index (χ2n) is 1.61. The van der Waals surface area contributed by atoms with Crippen LogP contribution in [0, 0.1) is 0 Å². The van der Waals surface area contributed by atoms with Crippen molar-refractivity contribution in [3.8, 4) is 0 Å². The van der Waals surface area contributed by atoms with Crippen molar-refractivity contribution >= 4 is 11.7 Å². The van der Waals surface area contributed by atoms with Gasteiger partial charge in [0, 0.05) is 0 Å². The Kier molecular flexibility index (Phi) is 1.92. The van der Waals surface area contributed by atoms with Gasteiger partial charge in [0.2, 0.25) is 0 Å². The summed E-state index contributed by atoms with van der Waals surface area (Å²) < 4.78 is 11.9. The number of carbonyl (C=O) groups excluding carboxylic acids is 1. The Labute approximate surface area is 57.1 Å². The van der Waals surface area contributed by atoms with Crippen molar-refractivity contribution in [2.45, 2.75) is 0 Å². The van der Waals surface area contributed by atoms with E-state index in [1.807, 2.05) is 0 Å². The van der Waals surface area contributed by atoms with Crippen molar-refractivity contribution in [2.24, 2.45) is 4.99 Å². The van der Waals surface area contributed by atoms with Crippen molar-refractivity contribution in [2.75, 3.05) is 0 Å². The second kappa shape index (κ2) is 2.90. The number of hydrogen-bond donors (Lipinski definition) is 0. The van der Waals surface area contributed by atoms with E-state index in [4.69, 9.17) is 0 Å². The molecule has 0 aliphatic carbocycles. The summed E-state index contributed by atoms with van der Waals surface area (Å²) in [7, 11) is 0. The zero-order valence-electron chi connectivity index (χ0n) is 5.04. The molecule has 0 aromatic rings. The molecule has 0 fully saturated rings. The molecule has 10 heavy (non-hydrogen) atoms. The molecule has 0 saturated heterocycles. The van der Waals surface area contributed by atoms with Crippen LogP contribution in [-0.2, 0) is 4.79 Å². The summed E-state index contributed by atoms with van der Waals surface area (Å²) in [5, 5.41) is 0. The van der Waals surface area contributed by atoms with Gasteiger partial charge < -0.3 is 0 Å². The molecule has 0 atom stereocenters. The number of rotatable bonds is 1. The van der Waals surface area contributed by atoms with Crippen molar-refractivity contribution in [1.82, 2.24) is 0 Å². The Bertz CT molecular complexity index is 269. The van der Waals surface area contributed by atoms with E-state index >= 15 is 0 Å². The van der Waals surface area contributed by atoms with Gasteiger partial charge in [-0.1, -0.05) is 6.08 Å². The van der Waals surface area contributed by atoms with Crippen LogP contribution in [0.2, 0.25) is 0 Å². The molecular weight excluding hydrogens is 133 g/mol. The average Bonchev–Trinajstić information content (AvgIpc) is 2.12. The molecule has 0 N–H and O–H groups in total. The zero-order chi connectivity index (χ0) is 7.40. The Morgan fingerprint density at radius 2 is 2.50 bits per heavy atom. The monoisotopic (exact) mass is 137 g/mol. The highest BCUT2D eigenvalue weighted by molar-refractivity contribution is 6.41. The normalized spacial score (nSPS) is 14.7. The summed E-state index contributed by atoms with van der Waals surface area (Å²) in [5.41, 5.74) is 2.40. The maximum Gasteiger partial charge on any atom is 0.350 e. The zero-order valence-corrected chi connectivity index (χ0v) is 5.04. The summed E-state index contributed by atoms with van der Waals surface area (Å²) in [5.74, 6) is 0. The lowest BCUT2D eigenvalue weighted by Crippen LogP contribution is -2.03. The van der Waals surface area contributed by atoms with Crippen LogP contribution in [0.4, 0.5) is 4.39 Å². The molecule has 1 aliphatic rings. The van der Waals surface area contributed by atoms with E-state index in [-0.39, 0.29) is 5.71 Å². The summed E-state index contributed by atoms with van der Waals surface area (Å²) in [6.45, 7) is 0. The van der Waals surface area contributed by atoms with Gasteiger partial charge in [-0.05, 0) is 12.2 Å². The van der Waals surface area contributed by atoms with Crippen LogP contribution in [0.15, 0.2) is 35.2 Å². The van der Waals surface area contributed by atoms with Gasteiger partial charge in [0.25, 0.3) is 0 Å². The second-order valence-corrected chi connectivity index (χ2v) is 1.61. The highest BCUT2D eigenvalue weighted by atomic mass is 19.1. The molecular formula is C7H4FNO. The van der Waals surface area contributed by atoms with Gasteiger partial charge in [0.05, 0.1) is 6.20 Å². The van der Waals surface area contributed by atoms with Gasteiger partial charge in [-0.2, -0.15) is 4.39 Å². The first-order valence-electron chi connectivity index (χ1n) is 2.66. The molecule has 1 rings (SSSR count). The van der Waals surface area contributed by atoms with E-state index in [1.165, 1.54) is 18.4 Å². The first-order valence-corrected chi connectivity index (χ1v) is 2.66. The van der Waals surface area contributed by atoms with Gasteiger partial charge in [0.1, 0.15) is 5.71 Å². The molecule has 2 nitrogen and oxygen atoms in total. The lowest BCUT2D eigenvalue weighted by Gasteiger charge is -1.83. The van der Waals surface area contributed by atoms with E-state index in [9.17, 15) is 9.18 Å². The van der Waals surface area contributed by atoms with Crippen molar-refractivity contribution < 1.29 is 9.18 Å². The molecule has 0 aromatic heterocycles. The smallest absolute Gasteiger partial charge is 0.254 e. The van der Waals surface area contributed by atoms with Gasteiger partial charge >= 0.3 is 6.04 Å². The molecule has 3 heteroatoms. The Balaban J connectivity index is 2.92. The van der Waals surface area contributed by atoms with E-state index in [1.54, 1.807) is 6.08 Å². The number of halogens is 1. The van der Waals surface area contributed by atoms with Crippen molar-refractivity contribution in [3.05, 3.63) is 30.2 Å². The maximum atomic E-state index is 11.9. The molecule has 1 heterocycles. The molecule has 0 saturated carbocycles. The van der Waals surface area contributed by atoms with Gasteiger partial charge in [-0.3, -0.25) is 4.79 Å². The molecule has 0 radical (unpaired) electrons. The fourth-order valence-electron chi connectivity index (χ4n) is 0.504. The van der Waals surface area contributed by atoms with Crippen molar-refractivity contribution in [1.29, 1.82) is 0 Å². The van der Waals surface area contributed by atoms with E-state index < -0.39 is 6.04 Å². The minimum Gasteiger partial charge on any atom is -0.254 e. The maximum absolute atomic E-state index is 11.9. The first-order chi connectivity index (χ1) is 4.80. The van der Waals surface area contributed by atoms with Crippen LogP contribution in [0.3, 0.4) is 0 Å². The number of allylic oxidation sites excluding steroid dienone is 3. The third kappa shape index (κ3) is 1.50. The predicted octanol–water partition coefficient (Wildman–Crippen LogP) is 1.16. The fraction of sp³-hybridized carbons (Fsp3) is 0. The lowest BCUT2D eigenvalue weighted by molar-refractivity contribution is -0.122. The van der Waals surface area contributed by atoms with Gasteiger partial charge in [-0.15, -0.1) is 5.73 Å². The van der Waals surface area contributed by atoms with Crippen molar-refractivity contribution in [3.63, 3.8) is 0 Å². The molecule has 0 spiro atoms. The quantitative estimate of drug-likeness (QED) is 0.394. The summed E-state index contributed by atoms with van der Waals surface area (Å²) >= 11 is 0. The average molecular weight is 137 g/mol. The molecule has 0 bridgehead atoms. The third-order valence-electron chi connectivity index (χ3n) is 0.926. The minimum absolute atomic E-state index is 0.193. The molecule has 50 valence electrons. The standard InChI is InChI=1S/C7H4FNO/c8-7(10)6-4-2-1-3-5-9-6/h1-2,4-5H. The summed E-state index contributed by atoms with van der Waals surface area (Å²) in [6, 6.07) is -1.52. The number of aliphatic imine (C=N–C) groups is 1. The van der Waals surface area contributed by atoms with Crippen LogP contribution in [-0.4, -0.2) is 11.7 Å². The predicted molar refractivity (Wildman–Crippen MR) is 35.3 cm³/mol. The van der Waals surface area contributed by atoms with E-state index in [0.29, 0.717) is 0 Å². The molecule has 1 aliphatic heterocycles. The Morgan fingerprint density at radius 1 is 1.70 bits per heavy atom. The Hall–Kier alpha value is -1.47.